The summed E-state index contributed by atoms with van der Waals surface area (Å²) in [4.78, 5) is 71.7. The molecule has 3 amide bonds. The van der Waals surface area contributed by atoms with Crippen molar-refractivity contribution in [3.8, 4) is 0 Å². The Kier molecular flexibility index (Phi) is 8.90. The van der Waals surface area contributed by atoms with Crippen molar-refractivity contribution in [3.05, 3.63) is 70.5 Å². The molecule has 4 aliphatic rings. The van der Waals surface area contributed by atoms with E-state index in [1.54, 1.807) is 41.4 Å². The molecule has 0 radical (unpaired) electrons. The summed E-state index contributed by atoms with van der Waals surface area (Å²) in [5.41, 5.74) is 4.94. The van der Waals surface area contributed by atoms with Crippen LogP contribution in [0.2, 0.25) is 0 Å². The van der Waals surface area contributed by atoms with Crippen molar-refractivity contribution >= 4 is 57.2 Å². The molecule has 1 aromatic carbocycles. The number of imide groups is 1. The van der Waals surface area contributed by atoms with Gasteiger partial charge >= 0.3 is 5.69 Å². The molecule has 6 heterocycles. The van der Waals surface area contributed by atoms with Crippen LogP contribution in [0, 0.1) is 0 Å². The van der Waals surface area contributed by atoms with Gasteiger partial charge in [0, 0.05) is 83.6 Å². The molecule has 2 aliphatic heterocycles. The molecule has 4 fully saturated rings. The fraction of sp³-hybridized carbons (Fsp3) is 0.475. The van der Waals surface area contributed by atoms with Crippen molar-refractivity contribution in [1.29, 1.82) is 0 Å². The first kappa shape index (κ1) is 35.2. The van der Waals surface area contributed by atoms with E-state index in [2.05, 4.69) is 42.1 Å². The fourth-order valence-corrected chi connectivity index (χ4v) is 9.22. The lowest BCUT2D eigenvalue weighted by Crippen LogP contribution is -2.53. The highest BCUT2D eigenvalue weighted by Crippen LogP contribution is 2.41. The third-order valence-electron chi connectivity index (χ3n) is 12.3. The lowest BCUT2D eigenvalue weighted by Gasteiger charge is -2.47. The molecule has 0 unspecified atom stereocenters. The predicted molar refractivity (Wildman–Crippen MR) is 209 cm³/mol. The molecule has 15 nitrogen and oxygen atoms in total. The van der Waals surface area contributed by atoms with Gasteiger partial charge in [-0.25, -0.2) is 14.8 Å². The number of pyridine rings is 1. The van der Waals surface area contributed by atoms with E-state index in [4.69, 9.17) is 9.97 Å². The molecule has 0 bridgehead atoms. The number of para-hydroxylation sites is 1. The van der Waals surface area contributed by atoms with Crippen molar-refractivity contribution in [2.75, 3.05) is 50.5 Å². The Bertz CT molecular complexity index is 2360. The largest absolute Gasteiger partial charge is 0.367 e. The Morgan fingerprint density at radius 3 is 2.40 bits per heavy atom. The number of fused-ring (bicyclic) bond motifs is 2. The number of amides is 3. The number of nitrogens with zero attached hydrogens (tertiary/aromatic N) is 9. The summed E-state index contributed by atoms with van der Waals surface area (Å²) in [6.07, 6.45) is 10.8. The molecule has 1 atom stereocenters. The van der Waals surface area contributed by atoms with Gasteiger partial charge in [0.25, 0.3) is 5.91 Å². The highest BCUT2D eigenvalue weighted by Gasteiger charge is 2.37. The number of benzene rings is 1. The predicted octanol–water partition coefficient (Wildman–Crippen LogP) is 4.09. The van der Waals surface area contributed by atoms with E-state index in [1.165, 1.54) is 5.56 Å². The van der Waals surface area contributed by atoms with Crippen molar-refractivity contribution in [2.45, 2.75) is 75.4 Å². The maximum absolute atomic E-state index is 13.4. The Morgan fingerprint density at radius 1 is 0.909 bits per heavy atom. The zero-order valence-electron chi connectivity index (χ0n) is 31.6. The van der Waals surface area contributed by atoms with Crippen LogP contribution in [0.1, 0.15) is 85.4 Å². The van der Waals surface area contributed by atoms with Crippen LogP contribution in [0.3, 0.4) is 0 Å². The number of hydrogen-bond acceptors (Lipinski definition) is 10. The Morgan fingerprint density at radius 2 is 1.69 bits per heavy atom. The number of aromatic nitrogens is 6. The number of carbonyl (C=O) groups excluding carboxylic acids is 3. The second-order valence-electron chi connectivity index (χ2n) is 15.8. The zero-order valence-corrected chi connectivity index (χ0v) is 31.6. The summed E-state index contributed by atoms with van der Waals surface area (Å²) < 4.78 is 5.31. The number of nitrogens with one attached hydrogen (secondary N) is 2. The summed E-state index contributed by atoms with van der Waals surface area (Å²) in [5.74, 6) is 0.848. The molecule has 15 heteroatoms. The molecule has 2 N–H and O–H groups in total. The quantitative estimate of drug-likeness (QED) is 0.222. The Labute approximate surface area is 318 Å². The summed E-state index contributed by atoms with van der Waals surface area (Å²) in [6, 6.07) is 12.0. The van der Waals surface area contributed by atoms with Crippen molar-refractivity contribution in [1.82, 2.24) is 43.8 Å². The fourth-order valence-electron chi connectivity index (χ4n) is 9.22. The van der Waals surface area contributed by atoms with Crippen LogP contribution in [0.4, 0.5) is 17.5 Å². The lowest BCUT2D eigenvalue weighted by molar-refractivity contribution is -0.135. The van der Waals surface area contributed by atoms with Gasteiger partial charge in [-0.1, -0.05) is 25.0 Å². The minimum Gasteiger partial charge on any atom is -0.367 e. The maximum atomic E-state index is 13.4. The van der Waals surface area contributed by atoms with Crippen molar-refractivity contribution < 1.29 is 14.4 Å². The summed E-state index contributed by atoms with van der Waals surface area (Å²) in [7, 11) is 5.32. The van der Waals surface area contributed by atoms with Crippen LogP contribution < -0.4 is 21.2 Å². The van der Waals surface area contributed by atoms with Crippen LogP contribution in [-0.4, -0.2) is 102 Å². The molecule has 55 heavy (non-hydrogen) atoms. The average Bonchev–Trinajstić information content (AvgIpc) is 3.89. The van der Waals surface area contributed by atoms with Gasteiger partial charge in [-0.05, 0) is 67.9 Å². The molecule has 2 saturated heterocycles. The van der Waals surface area contributed by atoms with Gasteiger partial charge in [0.15, 0.2) is 0 Å². The normalized spacial score (nSPS) is 22.3. The number of imidazole rings is 1. The van der Waals surface area contributed by atoms with Gasteiger partial charge in [-0.3, -0.25) is 33.7 Å². The van der Waals surface area contributed by atoms with Gasteiger partial charge in [-0.2, -0.15) is 4.98 Å². The van der Waals surface area contributed by atoms with E-state index < -0.39 is 11.9 Å². The van der Waals surface area contributed by atoms with Gasteiger partial charge in [-0.15, -0.1) is 0 Å². The summed E-state index contributed by atoms with van der Waals surface area (Å²) in [5, 5.41) is 6.54. The number of hydrogen-bond donors (Lipinski definition) is 2. The molecule has 0 spiro atoms. The first-order chi connectivity index (χ1) is 26.6. The lowest BCUT2D eigenvalue weighted by atomic mass is 9.75. The van der Waals surface area contributed by atoms with Crippen LogP contribution in [0.15, 0.2) is 53.6 Å². The Balaban J connectivity index is 0.827. The topological polar surface area (TPSA) is 156 Å². The SMILES string of the molecule is CN(C)C(=O)c1cc2cnc(Nc3ccc(C4CC(N5CCN(c6cccc7c6n(C)c(=O)n7[C@@H]6CCC(=O)NC6=O)CC5)C4)cn3)nc2n1C1CCCC1. The summed E-state index contributed by atoms with van der Waals surface area (Å²) in [6.45, 7) is 3.53. The number of aryl methyl sites for hydroxylation is 1. The van der Waals surface area contributed by atoms with Crippen LogP contribution in [0.25, 0.3) is 22.1 Å². The standard InChI is InChI=1S/C40H47N11O4/c1-46(2)38(54)32-21-26-23-42-39(45-36(26)50(32)27-7-4-5-8-27)43-33-13-11-24(22-41-33)25-19-28(20-25)48-15-17-49(18-16-48)29-9-6-10-30-35(29)47(3)40(55)51(30)31-12-14-34(52)44-37(31)53/h6,9-11,13,21-23,25,27-28,31H,4-5,7-8,12,14-20H2,1-3H3,(H,44,52,53)(H,41,42,43,45)/t25?,28?,31-/m1/s1. The second kappa shape index (κ2) is 13.9. The van der Waals surface area contributed by atoms with Crippen molar-refractivity contribution in [3.63, 3.8) is 0 Å². The van der Waals surface area contributed by atoms with E-state index in [0.29, 0.717) is 41.4 Å². The van der Waals surface area contributed by atoms with Crippen molar-refractivity contribution in [2.24, 2.45) is 7.05 Å². The third kappa shape index (κ3) is 6.23. The first-order valence-electron chi connectivity index (χ1n) is 19.5. The monoisotopic (exact) mass is 745 g/mol. The number of piperazine rings is 1. The zero-order chi connectivity index (χ0) is 38.0. The number of anilines is 3. The minimum absolute atomic E-state index is 0.0272. The number of carbonyl (C=O) groups is 3. The molecule has 4 aromatic heterocycles. The van der Waals surface area contributed by atoms with Crippen LogP contribution in [0.5, 0.6) is 0 Å². The van der Waals surface area contributed by atoms with Gasteiger partial charge in [0.05, 0.1) is 16.7 Å². The highest BCUT2D eigenvalue weighted by atomic mass is 16.2. The molecule has 9 rings (SSSR count). The van der Waals surface area contributed by atoms with Crippen LogP contribution >= 0.6 is 0 Å². The van der Waals surface area contributed by atoms with E-state index >= 15 is 0 Å². The molecule has 286 valence electrons. The van der Waals surface area contributed by atoms with Crippen LogP contribution in [-0.2, 0) is 16.6 Å². The average molecular weight is 746 g/mol. The van der Waals surface area contributed by atoms with E-state index in [0.717, 1.165) is 86.9 Å². The summed E-state index contributed by atoms with van der Waals surface area (Å²) >= 11 is 0. The highest BCUT2D eigenvalue weighted by molar-refractivity contribution is 6.01. The molecular weight excluding hydrogens is 699 g/mol. The molecule has 2 aliphatic carbocycles. The van der Waals surface area contributed by atoms with E-state index in [9.17, 15) is 19.2 Å². The smallest absolute Gasteiger partial charge is 0.329 e. The Hall–Kier alpha value is -5.57. The molecular formula is C40H47N11O4. The third-order valence-corrected chi connectivity index (χ3v) is 12.3. The maximum Gasteiger partial charge on any atom is 0.329 e. The van der Waals surface area contributed by atoms with Gasteiger partial charge < -0.3 is 19.7 Å². The second-order valence-corrected chi connectivity index (χ2v) is 15.8. The molecule has 2 saturated carbocycles. The molecule has 5 aromatic rings. The van der Waals surface area contributed by atoms with Gasteiger partial charge in [0.1, 0.15) is 23.2 Å². The number of rotatable bonds is 8. The van der Waals surface area contributed by atoms with Gasteiger partial charge in [0.2, 0.25) is 17.8 Å². The number of piperidine rings is 1. The van der Waals surface area contributed by atoms with E-state index in [1.807, 2.05) is 30.5 Å². The first-order valence-corrected chi connectivity index (χ1v) is 19.5. The van der Waals surface area contributed by atoms with E-state index in [-0.39, 0.29) is 30.0 Å². The minimum atomic E-state index is -0.699.